The van der Waals surface area contributed by atoms with E-state index in [1.165, 1.54) is 0 Å². The molecule has 0 aliphatic carbocycles. The van der Waals surface area contributed by atoms with E-state index in [9.17, 15) is 0 Å². The van der Waals surface area contributed by atoms with Gasteiger partial charge in [0.2, 0.25) is 0 Å². The van der Waals surface area contributed by atoms with Gasteiger partial charge in [-0.05, 0) is 32.2 Å². The van der Waals surface area contributed by atoms with Gasteiger partial charge in [-0.25, -0.2) is 0 Å². The van der Waals surface area contributed by atoms with Crippen LogP contribution in [0.5, 0.6) is 0 Å². The van der Waals surface area contributed by atoms with Crippen LogP contribution in [0.15, 0.2) is 5.11 Å². The molecule has 0 amide bonds. The molecule has 1 aliphatic rings. The predicted octanol–water partition coefficient (Wildman–Crippen LogP) is 2.23. The maximum atomic E-state index is 8.04. The van der Waals surface area contributed by atoms with Crippen LogP contribution >= 0.6 is 0 Å². The zero-order valence-electron chi connectivity index (χ0n) is 8.06. The van der Waals surface area contributed by atoms with Gasteiger partial charge in [0, 0.05) is 11.5 Å². The fourth-order valence-electron chi connectivity index (χ4n) is 1.34. The molecule has 0 aromatic carbocycles. The van der Waals surface area contributed by atoms with Gasteiger partial charge < -0.3 is 9.47 Å². The van der Waals surface area contributed by atoms with Crippen molar-refractivity contribution in [1.82, 2.24) is 0 Å². The number of rotatable bonds is 4. The third-order valence-corrected chi connectivity index (χ3v) is 1.91. The molecule has 0 bridgehead atoms. The normalized spacial score (nSPS) is 25.5. The lowest BCUT2D eigenvalue weighted by Crippen LogP contribution is -2.21. The van der Waals surface area contributed by atoms with Gasteiger partial charge in [0.15, 0.2) is 5.79 Å². The van der Waals surface area contributed by atoms with Crippen molar-refractivity contribution in [2.45, 2.75) is 38.6 Å². The first-order valence-corrected chi connectivity index (χ1v) is 4.47. The Morgan fingerprint density at radius 1 is 1.62 bits per heavy atom. The smallest absolute Gasteiger partial charge is 0.163 e. The summed E-state index contributed by atoms with van der Waals surface area (Å²) in [5, 5.41) is 3.45. The van der Waals surface area contributed by atoms with Crippen LogP contribution in [0.3, 0.4) is 0 Å². The summed E-state index contributed by atoms with van der Waals surface area (Å²) in [4.78, 5) is 2.68. The molecule has 0 aromatic rings. The fraction of sp³-hybridized carbons (Fsp3) is 1.00. The van der Waals surface area contributed by atoms with Crippen LogP contribution in [-0.2, 0) is 9.47 Å². The SMILES string of the molecule is CC1(C)OCC(CCCN=[N+]=[N-])O1. The average Bonchev–Trinajstić information content (AvgIpc) is 2.40. The summed E-state index contributed by atoms with van der Waals surface area (Å²) in [6.07, 6.45) is 1.90. The fourth-order valence-corrected chi connectivity index (χ4v) is 1.34. The van der Waals surface area contributed by atoms with E-state index >= 15 is 0 Å². The summed E-state index contributed by atoms with van der Waals surface area (Å²) in [7, 11) is 0. The van der Waals surface area contributed by atoms with Gasteiger partial charge in [-0.3, -0.25) is 0 Å². The Morgan fingerprint density at radius 3 is 2.92 bits per heavy atom. The quantitative estimate of drug-likeness (QED) is 0.291. The van der Waals surface area contributed by atoms with Crippen LogP contribution in [0, 0.1) is 0 Å². The minimum Gasteiger partial charge on any atom is -0.348 e. The molecule has 1 unspecified atom stereocenters. The van der Waals surface area contributed by atoms with Gasteiger partial charge in [0.05, 0.1) is 12.7 Å². The second kappa shape index (κ2) is 4.46. The number of hydrogen-bond acceptors (Lipinski definition) is 3. The van der Waals surface area contributed by atoms with E-state index in [0.29, 0.717) is 13.2 Å². The first kappa shape index (κ1) is 10.3. The lowest BCUT2D eigenvalue weighted by Gasteiger charge is -2.16. The molecule has 13 heavy (non-hydrogen) atoms. The van der Waals surface area contributed by atoms with Gasteiger partial charge in [0.1, 0.15) is 0 Å². The van der Waals surface area contributed by atoms with Crippen molar-refractivity contribution in [3.63, 3.8) is 0 Å². The summed E-state index contributed by atoms with van der Waals surface area (Å²) in [6, 6.07) is 0. The zero-order chi connectivity index (χ0) is 9.73. The van der Waals surface area contributed by atoms with Gasteiger partial charge in [-0.15, -0.1) is 0 Å². The van der Waals surface area contributed by atoms with Gasteiger partial charge in [0.25, 0.3) is 0 Å². The maximum Gasteiger partial charge on any atom is 0.163 e. The van der Waals surface area contributed by atoms with Crippen molar-refractivity contribution in [3.8, 4) is 0 Å². The Labute approximate surface area is 77.6 Å². The highest BCUT2D eigenvalue weighted by Gasteiger charge is 2.31. The van der Waals surface area contributed by atoms with E-state index in [1.54, 1.807) is 0 Å². The third kappa shape index (κ3) is 3.63. The van der Waals surface area contributed by atoms with Crippen molar-refractivity contribution >= 4 is 0 Å². The Bertz CT molecular complexity index is 211. The Morgan fingerprint density at radius 2 is 2.38 bits per heavy atom. The Hall–Kier alpha value is -0.770. The molecule has 1 atom stereocenters. The molecular weight excluding hydrogens is 170 g/mol. The molecule has 0 radical (unpaired) electrons. The summed E-state index contributed by atoms with van der Waals surface area (Å²) in [6.45, 7) is 4.99. The van der Waals surface area contributed by atoms with Crippen molar-refractivity contribution < 1.29 is 9.47 Å². The summed E-state index contributed by atoms with van der Waals surface area (Å²) in [5.74, 6) is -0.441. The van der Waals surface area contributed by atoms with Gasteiger partial charge in [-0.2, -0.15) is 0 Å². The zero-order valence-corrected chi connectivity index (χ0v) is 8.06. The second-order valence-corrected chi connectivity index (χ2v) is 3.55. The number of azide groups is 1. The third-order valence-electron chi connectivity index (χ3n) is 1.91. The molecule has 0 N–H and O–H groups in total. The van der Waals surface area contributed by atoms with E-state index in [1.807, 2.05) is 13.8 Å². The molecule has 1 fully saturated rings. The van der Waals surface area contributed by atoms with E-state index in [0.717, 1.165) is 12.8 Å². The maximum absolute atomic E-state index is 8.04. The highest BCUT2D eigenvalue weighted by molar-refractivity contribution is 4.70. The predicted molar refractivity (Wildman–Crippen MR) is 48.2 cm³/mol. The standard InChI is InChI=1S/C8H15N3O2/c1-8(2)12-6-7(13-8)4-3-5-10-11-9/h7H,3-6H2,1-2H3. The summed E-state index contributed by atoms with van der Waals surface area (Å²) < 4.78 is 11.0. The van der Waals surface area contributed by atoms with Crippen LogP contribution < -0.4 is 0 Å². The molecule has 1 rings (SSSR count). The van der Waals surface area contributed by atoms with E-state index in [-0.39, 0.29) is 6.10 Å². The molecule has 5 heteroatoms. The van der Waals surface area contributed by atoms with E-state index in [4.69, 9.17) is 15.0 Å². The van der Waals surface area contributed by atoms with Crippen molar-refractivity contribution in [3.05, 3.63) is 10.4 Å². The van der Waals surface area contributed by atoms with Crippen LogP contribution in [0.2, 0.25) is 0 Å². The molecule has 5 nitrogen and oxygen atoms in total. The van der Waals surface area contributed by atoms with E-state index in [2.05, 4.69) is 10.0 Å². The van der Waals surface area contributed by atoms with E-state index < -0.39 is 5.79 Å². The second-order valence-electron chi connectivity index (χ2n) is 3.55. The first-order valence-electron chi connectivity index (χ1n) is 4.47. The first-order chi connectivity index (χ1) is 6.14. The Balaban J connectivity index is 2.14. The Kier molecular flexibility index (Phi) is 3.54. The molecule has 0 spiro atoms. The van der Waals surface area contributed by atoms with Crippen LogP contribution in [0.4, 0.5) is 0 Å². The highest BCUT2D eigenvalue weighted by Crippen LogP contribution is 2.24. The molecule has 1 heterocycles. The monoisotopic (exact) mass is 185 g/mol. The molecule has 0 aromatic heterocycles. The molecule has 1 saturated heterocycles. The van der Waals surface area contributed by atoms with Gasteiger partial charge >= 0.3 is 0 Å². The molecule has 1 aliphatic heterocycles. The minimum absolute atomic E-state index is 0.156. The highest BCUT2D eigenvalue weighted by atomic mass is 16.7. The number of nitrogens with zero attached hydrogens (tertiary/aromatic N) is 3. The van der Waals surface area contributed by atoms with Crippen LogP contribution in [0.1, 0.15) is 26.7 Å². The molecule has 74 valence electrons. The topological polar surface area (TPSA) is 67.2 Å². The lowest BCUT2D eigenvalue weighted by molar-refractivity contribution is -0.138. The van der Waals surface area contributed by atoms with Crippen molar-refractivity contribution in [1.29, 1.82) is 0 Å². The minimum atomic E-state index is -0.441. The van der Waals surface area contributed by atoms with Crippen LogP contribution in [-0.4, -0.2) is 25.0 Å². The number of ether oxygens (including phenoxy) is 2. The number of hydrogen-bond donors (Lipinski definition) is 0. The van der Waals surface area contributed by atoms with Crippen LogP contribution in [0.25, 0.3) is 10.4 Å². The average molecular weight is 185 g/mol. The largest absolute Gasteiger partial charge is 0.348 e. The molecule has 0 saturated carbocycles. The summed E-state index contributed by atoms with van der Waals surface area (Å²) in [5.41, 5.74) is 8.04. The van der Waals surface area contributed by atoms with Crippen molar-refractivity contribution in [2.75, 3.05) is 13.2 Å². The van der Waals surface area contributed by atoms with Gasteiger partial charge in [-0.1, -0.05) is 5.11 Å². The molecular formula is C8H15N3O2. The lowest BCUT2D eigenvalue weighted by atomic mass is 10.2. The summed E-state index contributed by atoms with van der Waals surface area (Å²) >= 11 is 0. The van der Waals surface area contributed by atoms with Crippen molar-refractivity contribution in [2.24, 2.45) is 5.11 Å².